The summed E-state index contributed by atoms with van der Waals surface area (Å²) in [6, 6.07) is 4.28. The monoisotopic (exact) mass is 279 g/mol. The number of fused-ring (bicyclic) bond motifs is 1. The van der Waals surface area contributed by atoms with Crippen LogP contribution in [0.3, 0.4) is 0 Å². The van der Waals surface area contributed by atoms with Gasteiger partial charge in [-0.25, -0.2) is 0 Å². The molecule has 0 aliphatic heterocycles. The summed E-state index contributed by atoms with van der Waals surface area (Å²) >= 11 is 1.82. The molecule has 0 spiro atoms. The van der Waals surface area contributed by atoms with Crippen LogP contribution in [0, 0.1) is 0 Å². The summed E-state index contributed by atoms with van der Waals surface area (Å²) < 4.78 is 1.83. The highest BCUT2D eigenvalue weighted by Crippen LogP contribution is 2.20. The molecule has 0 saturated carbocycles. The highest BCUT2D eigenvalue weighted by Gasteiger charge is 2.21. The van der Waals surface area contributed by atoms with Crippen LogP contribution in [0.5, 0.6) is 0 Å². The van der Waals surface area contributed by atoms with Crippen LogP contribution < -0.4 is 5.32 Å². The molecule has 0 saturated heterocycles. The van der Waals surface area contributed by atoms with E-state index in [-0.39, 0.29) is 5.41 Å². The molecule has 104 valence electrons. The molecule has 5 nitrogen and oxygen atoms in total. The molecule has 0 aliphatic rings. The van der Waals surface area contributed by atoms with E-state index >= 15 is 0 Å². The van der Waals surface area contributed by atoms with Crippen molar-refractivity contribution in [2.24, 2.45) is 0 Å². The molecule has 1 unspecified atom stereocenters. The Labute approximate surface area is 118 Å². The van der Waals surface area contributed by atoms with Crippen molar-refractivity contribution >= 4 is 23.2 Å². The summed E-state index contributed by atoms with van der Waals surface area (Å²) in [5.41, 5.74) is 0.712. The molecule has 1 N–H and O–H groups in total. The molecular weight excluding hydrogens is 258 g/mol. The Morgan fingerprint density at radius 1 is 1.32 bits per heavy atom. The Hall–Kier alpha value is -1.30. The lowest BCUT2D eigenvalue weighted by Gasteiger charge is -2.16. The smallest absolute Gasteiger partial charge is 0.178 e. The van der Waals surface area contributed by atoms with Gasteiger partial charge in [0.1, 0.15) is 5.82 Å². The molecule has 0 aliphatic carbocycles. The molecular formula is C13H21N5S. The van der Waals surface area contributed by atoms with E-state index in [1.807, 2.05) is 28.4 Å². The average molecular weight is 279 g/mol. The predicted octanol–water partition coefficient (Wildman–Crippen LogP) is 2.59. The highest BCUT2D eigenvalue weighted by molar-refractivity contribution is 7.98. The fraction of sp³-hybridized carbons (Fsp3) is 0.615. The van der Waals surface area contributed by atoms with Gasteiger partial charge in [0, 0.05) is 17.2 Å². The van der Waals surface area contributed by atoms with Crippen molar-refractivity contribution in [3.8, 4) is 0 Å². The number of aromatic nitrogens is 4. The topological polar surface area (TPSA) is 55.1 Å². The van der Waals surface area contributed by atoms with Crippen LogP contribution in [-0.4, -0.2) is 37.9 Å². The third-order valence-electron chi connectivity index (χ3n) is 2.74. The predicted molar refractivity (Wildman–Crippen MR) is 80.9 cm³/mol. The maximum absolute atomic E-state index is 4.60. The van der Waals surface area contributed by atoms with Gasteiger partial charge in [0.25, 0.3) is 0 Å². The first-order valence-electron chi connectivity index (χ1n) is 6.40. The number of nitrogens with one attached hydrogen (secondary N) is 1. The normalized spacial score (nSPS) is 13.7. The molecule has 0 aromatic carbocycles. The molecule has 2 aromatic rings. The van der Waals surface area contributed by atoms with Crippen molar-refractivity contribution in [3.05, 3.63) is 18.0 Å². The van der Waals surface area contributed by atoms with Crippen LogP contribution in [0.15, 0.2) is 12.1 Å². The van der Waals surface area contributed by atoms with Gasteiger partial charge in [-0.05, 0) is 25.3 Å². The number of hydrogen-bond acceptors (Lipinski definition) is 5. The molecule has 1 atom stereocenters. The summed E-state index contributed by atoms with van der Waals surface area (Å²) in [5.74, 6) is 2.79. The SMILES string of the molecule is CSCC(C)Nc1ccc2nnc(C(C)(C)C)n2n1. The van der Waals surface area contributed by atoms with Crippen LogP contribution >= 0.6 is 11.8 Å². The zero-order chi connectivity index (χ0) is 14.0. The zero-order valence-electron chi connectivity index (χ0n) is 12.1. The van der Waals surface area contributed by atoms with Gasteiger partial charge in [-0.3, -0.25) is 0 Å². The maximum atomic E-state index is 4.60. The molecule has 0 fully saturated rings. The average Bonchev–Trinajstić information content (AvgIpc) is 2.71. The second-order valence-corrected chi connectivity index (χ2v) is 6.67. The number of anilines is 1. The Kier molecular flexibility index (Phi) is 3.99. The van der Waals surface area contributed by atoms with Gasteiger partial charge in [0.15, 0.2) is 11.5 Å². The largest absolute Gasteiger partial charge is 0.365 e. The Bertz CT molecular complexity index is 558. The van der Waals surface area contributed by atoms with E-state index < -0.39 is 0 Å². The van der Waals surface area contributed by atoms with Crippen LogP contribution in [-0.2, 0) is 5.41 Å². The first-order chi connectivity index (χ1) is 8.91. The quantitative estimate of drug-likeness (QED) is 0.932. The van der Waals surface area contributed by atoms with Crippen LogP contribution in [0.2, 0.25) is 0 Å². The summed E-state index contributed by atoms with van der Waals surface area (Å²) in [4.78, 5) is 0. The van der Waals surface area contributed by atoms with Crippen molar-refractivity contribution in [1.29, 1.82) is 0 Å². The third-order valence-corrected chi connectivity index (χ3v) is 3.58. The molecule has 6 heteroatoms. The first kappa shape index (κ1) is 14.1. The number of hydrogen-bond donors (Lipinski definition) is 1. The van der Waals surface area contributed by atoms with Gasteiger partial charge in [-0.15, -0.1) is 15.3 Å². The van der Waals surface area contributed by atoms with Gasteiger partial charge in [-0.2, -0.15) is 16.3 Å². The molecule has 19 heavy (non-hydrogen) atoms. The minimum atomic E-state index is -0.0735. The van der Waals surface area contributed by atoms with Crippen molar-refractivity contribution < 1.29 is 0 Å². The lowest BCUT2D eigenvalue weighted by Crippen LogP contribution is -2.21. The fourth-order valence-corrected chi connectivity index (χ4v) is 2.46. The number of thioether (sulfide) groups is 1. The minimum Gasteiger partial charge on any atom is -0.365 e. The minimum absolute atomic E-state index is 0.0735. The van der Waals surface area contributed by atoms with Gasteiger partial charge in [0.05, 0.1) is 0 Å². The Morgan fingerprint density at radius 2 is 2.05 bits per heavy atom. The van der Waals surface area contributed by atoms with Gasteiger partial charge in [0.2, 0.25) is 0 Å². The van der Waals surface area contributed by atoms with E-state index in [1.165, 1.54) is 0 Å². The van der Waals surface area contributed by atoms with Crippen LogP contribution in [0.1, 0.15) is 33.5 Å². The van der Waals surface area contributed by atoms with Gasteiger partial charge < -0.3 is 5.32 Å². The van der Waals surface area contributed by atoms with Crippen LogP contribution in [0.25, 0.3) is 5.65 Å². The molecule has 2 aromatic heterocycles. The second kappa shape index (κ2) is 5.36. The van der Waals surface area contributed by atoms with E-state index in [2.05, 4.69) is 54.6 Å². The highest BCUT2D eigenvalue weighted by atomic mass is 32.2. The summed E-state index contributed by atoms with van der Waals surface area (Å²) in [6.45, 7) is 8.49. The number of rotatable bonds is 4. The van der Waals surface area contributed by atoms with Gasteiger partial charge >= 0.3 is 0 Å². The lowest BCUT2D eigenvalue weighted by atomic mass is 9.96. The molecule has 0 bridgehead atoms. The molecule has 0 amide bonds. The second-order valence-electron chi connectivity index (χ2n) is 5.76. The molecule has 0 radical (unpaired) electrons. The van der Waals surface area contributed by atoms with E-state index in [0.29, 0.717) is 6.04 Å². The van der Waals surface area contributed by atoms with Crippen molar-refractivity contribution in [2.45, 2.75) is 39.2 Å². The summed E-state index contributed by atoms with van der Waals surface area (Å²) in [5, 5.41) is 16.4. The van der Waals surface area contributed by atoms with E-state index in [0.717, 1.165) is 23.0 Å². The van der Waals surface area contributed by atoms with E-state index in [4.69, 9.17) is 0 Å². The van der Waals surface area contributed by atoms with Crippen molar-refractivity contribution in [3.63, 3.8) is 0 Å². The van der Waals surface area contributed by atoms with E-state index in [1.54, 1.807) is 0 Å². The molecule has 2 rings (SSSR count). The Morgan fingerprint density at radius 3 is 2.68 bits per heavy atom. The van der Waals surface area contributed by atoms with Gasteiger partial charge in [-0.1, -0.05) is 20.8 Å². The number of nitrogens with zero attached hydrogens (tertiary/aromatic N) is 4. The van der Waals surface area contributed by atoms with Crippen molar-refractivity contribution in [1.82, 2.24) is 19.8 Å². The van der Waals surface area contributed by atoms with Crippen molar-refractivity contribution in [2.75, 3.05) is 17.3 Å². The summed E-state index contributed by atoms with van der Waals surface area (Å²) in [7, 11) is 0. The Balaban J connectivity index is 2.33. The lowest BCUT2D eigenvalue weighted by molar-refractivity contribution is 0.527. The third kappa shape index (κ3) is 3.18. The first-order valence-corrected chi connectivity index (χ1v) is 7.79. The zero-order valence-corrected chi connectivity index (χ0v) is 13.0. The maximum Gasteiger partial charge on any atom is 0.178 e. The van der Waals surface area contributed by atoms with Crippen LogP contribution in [0.4, 0.5) is 5.82 Å². The molecule has 2 heterocycles. The summed E-state index contributed by atoms with van der Waals surface area (Å²) in [6.07, 6.45) is 2.10. The standard InChI is InChI=1S/C13H21N5S/c1-9(8-19-5)14-10-6-7-11-15-16-12(13(2,3)4)18(11)17-10/h6-7,9H,8H2,1-5H3,(H,14,17). The van der Waals surface area contributed by atoms with E-state index in [9.17, 15) is 0 Å². The fourth-order valence-electron chi connectivity index (χ4n) is 1.88.